The minimum Gasteiger partial charge on any atom is -0.322 e. The summed E-state index contributed by atoms with van der Waals surface area (Å²) in [5.41, 5.74) is 5.16. The number of carbonyl (C=O) groups excluding carboxylic acids is 1. The lowest BCUT2D eigenvalue weighted by molar-refractivity contribution is 0.102. The number of pyridine rings is 1. The second kappa shape index (κ2) is 7.32. The molecule has 0 atom stereocenters. The van der Waals surface area contributed by atoms with Crippen LogP contribution in [0.2, 0.25) is 0 Å². The average molecular weight is 418 g/mol. The Hall–Kier alpha value is -3.06. The molecule has 3 heterocycles. The molecular formula is C23H23N5OS. The van der Waals surface area contributed by atoms with Gasteiger partial charge in [-0.3, -0.25) is 4.79 Å². The number of fused-ring (bicyclic) bond motifs is 1. The number of amides is 1. The first-order chi connectivity index (χ1) is 14.5. The molecular weight excluding hydrogens is 394 g/mol. The van der Waals surface area contributed by atoms with E-state index in [0.29, 0.717) is 11.5 Å². The number of hydrogen-bond acceptors (Lipinski definition) is 5. The molecule has 1 aromatic carbocycles. The van der Waals surface area contributed by atoms with Crippen molar-refractivity contribution in [2.24, 2.45) is 0 Å². The molecule has 0 radical (unpaired) electrons. The molecule has 6 nitrogen and oxygen atoms in total. The van der Waals surface area contributed by atoms with Crippen LogP contribution in [0.15, 0.2) is 41.9 Å². The zero-order valence-electron chi connectivity index (χ0n) is 17.2. The number of anilines is 1. The maximum Gasteiger partial charge on any atom is 0.256 e. The highest BCUT2D eigenvalue weighted by Crippen LogP contribution is 2.40. The molecule has 1 aliphatic carbocycles. The molecule has 7 heteroatoms. The van der Waals surface area contributed by atoms with Crippen molar-refractivity contribution in [3.8, 4) is 11.3 Å². The maximum absolute atomic E-state index is 13.2. The van der Waals surface area contributed by atoms with Gasteiger partial charge < -0.3 is 5.32 Å². The van der Waals surface area contributed by atoms with Crippen molar-refractivity contribution in [3.05, 3.63) is 58.2 Å². The van der Waals surface area contributed by atoms with Crippen molar-refractivity contribution in [1.29, 1.82) is 0 Å². The van der Waals surface area contributed by atoms with Crippen LogP contribution in [0.5, 0.6) is 0 Å². The van der Waals surface area contributed by atoms with Gasteiger partial charge in [0.2, 0.25) is 0 Å². The topological polar surface area (TPSA) is 72.7 Å². The van der Waals surface area contributed by atoms with Gasteiger partial charge in [-0.2, -0.15) is 5.10 Å². The number of carbonyl (C=O) groups is 1. The monoisotopic (exact) mass is 417 g/mol. The Kier molecular flexibility index (Phi) is 4.62. The molecule has 5 rings (SSSR count). The van der Waals surface area contributed by atoms with E-state index in [-0.39, 0.29) is 11.9 Å². The van der Waals surface area contributed by atoms with Crippen molar-refractivity contribution >= 4 is 34.0 Å². The highest BCUT2D eigenvalue weighted by molar-refractivity contribution is 7.09. The van der Waals surface area contributed by atoms with Crippen molar-refractivity contribution in [2.45, 2.75) is 45.6 Å². The number of hydrogen-bond donors (Lipinski definition) is 1. The first kappa shape index (κ1) is 18.9. The van der Waals surface area contributed by atoms with E-state index >= 15 is 0 Å². The third-order valence-corrected chi connectivity index (χ3v) is 6.15. The standard InChI is InChI=1S/C23H23N5OS/c1-13(2)28-22-19(11-24-28)18(10-20(27-22)15-4-5-15)23(29)26-17-8-6-16(7-9-17)21-12-30-14(3)25-21/h6-13,15H,4-5H2,1-3H3,(H,26,29). The minimum absolute atomic E-state index is 0.134. The number of thiazole rings is 1. The molecule has 152 valence electrons. The third-order valence-electron chi connectivity index (χ3n) is 5.37. The van der Waals surface area contributed by atoms with Gasteiger partial charge in [-0.25, -0.2) is 14.6 Å². The van der Waals surface area contributed by atoms with Gasteiger partial charge in [0, 0.05) is 34.3 Å². The SMILES string of the molecule is Cc1nc(-c2ccc(NC(=O)c3cc(C4CC4)nc4c3cnn4C(C)C)cc2)cs1. The number of aryl methyl sites for hydroxylation is 1. The van der Waals surface area contributed by atoms with Gasteiger partial charge in [-0.1, -0.05) is 12.1 Å². The summed E-state index contributed by atoms with van der Waals surface area (Å²) in [6.07, 6.45) is 4.02. The number of nitrogens with zero attached hydrogens (tertiary/aromatic N) is 4. The number of nitrogens with one attached hydrogen (secondary N) is 1. The molecule has 0 unspecified atom stereocenters. The van der Waals surface area contributed by atoms with E-state index in [9.17, 15) is 4.79 Å². The van der Waals surface area contributed by atoms with Gasteiger partial charge in [-0.05, 0) is 51.8 Å². The van der Waals surface area contributed by atoms with Gasteiger partial charge in [-0.15, -0.1) is 11.3 Å². The van der Waals surface area contributed by atoms with E-state index in [2.05, 4.69) is 29.2 Å². The molecule has 1 saturated carbocycles. The number of benzene rings is 1. The Morgan fingerprint density at radius 1 is 1.20 bits per heavy atom. The van der Waals surface area contributed by atoms with Gasteiger partial charge >= 0.3 is 0 Å². The van der Waals surface area contributed by atoms with Crippen molar-refractivity contribution in [3.63, 3.8) is 0 Å². The fraction of sp³-hybridized carbons (Fsp3) is 0.304. The smallest absolute Gasteiger partial charge is 0.256 e. The Labute approximate surface area is 179 Å². The molecule has 1 fully saturated rings. The van der Waals surface area contributed by atoms with Crippen LogP contribution in [-0.2, 0) is 0 Å². The van der Waals surface area contributed by atoms with E-state index < -0.39 is 0 Å². The minimum atomic E-state index is -0.134. The van der Waals surface area contributed by atoms with Crippen LogP contribution in [0.1, 0.15) is 59.7 Å². The first-order valence-corrected chi connectivity index (χ1v) is 11.1. The maximum atomic E-state index is 13.2. The molecule has 1 N–H and O–H groups in total. The van der Waals surface area contributed by atoms with Gasteiger partial charge in [0.15, 0.2) is 5.65 Å². The Morgan fingerprint density at radius 2 is 1.97 bits per heavy atom. The van der Waals surface area contributed by atoms with E-state index in [1.807, 2.05) is 47.3 Å². The quantitative estimate of drug-likeness (QED) is 0.460. The number of aromatic nitrogens is 4. The lowest BCUT2D eigenvalue weighted by atomic mass is 10.1. The molecule has 0 aliphatic heterocycles. The van der Waals surface area contributed by atoms with Gasteiger partial charge in [0.05, 0.1) is 27.8 Å². The molecule has 0 saturated heterocycles. The predicted molar refractivity (Wildman–Crippen MR) is 120 cm³/mol. The summed E-state index contributed by atoms with van der Waals surface area (Å²) in [6, 6.07) is 9.92. The zero-order chi connectivity index (χ0) is 20.8. The lowest BCUT2D eigenvalue weighted by Crippen LogP contribution is -2.14. The summed E-state index contributed by atoms with van der Waals surface area (Å²) in [6.45, 7) is 6.14. The van der Waals surface area contributed by atoms with Crippen LogP contribution in [0.3, 0.4) is 0 Å². The normalized spacial score (nSPS) is 13.9. The first-order valence-electron chi connectivity index (χ1n) is 10.2. The van der Waals surface area contributed by atoms with Crippen molar-refractivity contribution < 1.29 is 4.79 Å². The van der Waals surface area contributed by atoms with Crippen LogP contribution in [0, 0.1) is 6.92 Å². The summed E-state index contributed by atoms with van der Waals surface area (Å²) < 4.78 is 1.89. The van der Waals surface area contributed by atoms with Gasteiger partial charge in [0.1, 0.15) is 0 Å². The number of rotatable bonds is 5. The summed E-state index contributed by atoms with van der Waals surface area (Å²) in [5.74, 6) is 0.321. The van der Waals surface area contributed by atoms with Crippen LogP contribution < -0.4 is 5.32 Å². The Bertz CT molecular complexity index is 1230. The summed E-state index contributed by atoms with van der Waals surface area (Å²) in [7, 11) is 0. The summed E-state index contributed by atoms with van der Waals surface area (Å²) in [4.78, 5) is 22.5. The van der Waals surface area contributed by atoms with Crippen LogP contribution in [0.4, 0.5) is 5.69 Å². The highest BCUT2D eigenvalue weighted by Gasteiger charge is 2.28. The zero-order valence-corrected chi connectivity index (χ0v) is 18.0. The van der Waals surface area contributed by atoms with E-state index in [1.165, 1.54) is 0 Å². The second-order valence-electron chi connectivity index (χ2n) is 8.07. The van der Waals surface area contributed by atoms with E-state index in [0.717, 1.165) is 51.5 Å². The average Bonchev–Trinajstić information content (AvgIpc) is 3.35. The highest BCUT2D eigenvalue weighted by atomic mass is 32.1. The molecule has 1 amide bonds. The molecule has 4 aromatic rings. The second-order valence-corrected chi connectivity index (χ2v) is 9.13. The summed E-state index contributed by atoms with van der Waals surface area (Å²) >= 11 is 1.63. The predicted octanol–water partition coefficient (Wildman–Crippen LogP) is 5.57. The van der Waals surface area contributed by atoms with E-state index in [4.69, 9.17) is 4.98 Å². The fourth-order valence-corrected chi connectivity index (χ4v) is 4.23. The molecule has 0 spiro atoms. The van der Waals surface area contributed by atoms with Crippen LogP contribution in [0.25, 0.3) is 22.3 Å². The van der Waals surface area contributed by atoms with Crippen molar-refractivity contribution in [1.82, 2.24) is 19.7 Å². The van der Waals surface area contributed by atoms with Crippen molar-refractivity contribution in [2.75, 3.05) is 5.32 Å². The largest absolute Gasteiger partial charge is 0.322 e. The molecule has 1 aliphatic rings. The molecule has 30 heavy (non-hydrogen) atoms. The Morgan fingerprint density at radius 3 is 2.60 bits per heavy atom. The van der Waals surface area contributed by atoms with Crippen LogP contribution in [-0.4, -0.2) is 25.7 Å². The summed E-state index contributed by atoms with van der Waals surface area (Å²) in [5, 5.41) is 11.4. The molecule has 3 aromatic heterocycles. The van der Waals surface area contributed by atoms with Crippen LogP contribution >= 0.6 is 11.3 Å². The lowest BCUT2D eigenvalue weighted by Gasteiger charge is -2.11. The third kappa shape index (κ3) is 3.50. The molecule has 0 bridgehead atoms. The van der Waals surface area contributed by atoms with Gasteiger partial charge in [0.25, 0.3) is 5.91 Å². The Balaban J connectivity index is 1.46. The fourth-order valence-electron chi connectivity index (χ4n) is 3.61. The van der Waals surface area contributed by atoms with E-state index in [1.54, 1.807) is 17.5 Å².